The molecular formula is C17H23N3. The number of benzene rings is 1. The third-order valence-corrected chi connectivity index (χ3v) is 3.76. The standard InChI is InChI=1S/C17H23N3/c1-3-16(17(18)15-7-5-4-6-8-15)20(2)13-14-9-11-19-12-10-14/h4-12,16-17H,3,13,18H2,1-2H3. The van der Waals surface area contributed by atoms with E-state index in [1.807, 2.05) is 30.6 Å². The molecule has 1 aromatic carbocycles. The van der Waals surface area contributed by atoms with Gasteiger partial charge in [-0.2, -0.15) is 0 Å². The van der Waals surface area contributed by atoms with Crippen molar-refractivity contribution in [2.24, 2.45) is 5.73 Å². The van der Waals surface area contributed by atoms with Crippen LogP contribution in [0, 0.1) is 0 Å². The van der Waals surface area contributed by atoms with Gasteiger partial charge in [0.2, 0.25) is 0 Å². The average molecular weight is 269 g/mol. The Bertz CT molecular complexity index is 498. The number of nitrogens with zero attached hydrogens (tertiary/aromatic N) is 2. The molecular weight excluding hydrogens is 246 g/mol. The van der Waals surface area contributed by atoms with E-state index < -0.39 is 0 Å². The summed E-state index contributed by atoms with van der Waals surface area (Å²) in [6.07, 6.45) is 4.69. The zero-order valence-corrected chi connectivity index (χ0v) is 12.2. The third-order valence-electron chi connectivity index (χ3n) is 3.76. The third kappa shape index (κ3) is 3.65. The average Bonchev–Trinajstić information content (AvgIpc) is 2.49. The minimum Gasteiger partial charge on any atom is -0.323 e. The fourth-order valence-corrected chi connectivity index (χ4v) is 2.63. The van der Waals surface area contributed by atoms with E-state index in [0.29, 0.717) is 6.04 Å². The van der Waals surface area contributed by atoms with Crippen LogP contribution in [-0.2, 0) is 6.54 Å². The molecule has 0 bridgehead atoms. The van der Waals surface area contributed by atoms with Gasteiger partial charge in [0.1, 0.15) is 0 Å². The van der Waals surface area contributed by atoms with Crippen LogP contribution in [0.15, 0.2) is 54.9 Å². The molecule has 0 spiro atoms. The van der Waals surface area contributed by atoms with Crippen molar-refractivity contribution >= 4 is 0 Å². The highest BCUT2D eigenvalue weighted by atomic mass is 15.1. The lowest BCUT2D eigenvalue weighted by Crippen LogP contribution is -2.39. The van der Waals surface area contributed by atoms with Gasteiger partial charge in [0.25, 0.3) is 0 Å². The van der Waals surface area contributed by atoms with Crippen molar-refractivity contribution in [2.45, 2.75) is 32.0 Å². The van der Waals surface area contributed by atoms with Crippen LogP contribution in [0.25, 0.3) is 0 Å². The summed E-state index contributed by atoms with van der Waals surface area (Å²) in [7, 11) is 2.14. The van der Waals surface area contributed by atoms with E-state index in [0.717, 1.165) is 13.0 Å². The Hall–Kier alpha value is -1.71. The molecule has 2 atom stereocenters. The van der Waals surface area contributed by atoms with E-state index in [9.17, 15) is 0 Å². The quantitative estimate of drug-likeness (QED) is 0.876. The summed E-state index contributed by atoms with van der Waals surface area (Å²) < 4.78 is 0. The lowest BCUT2D eigenvalue weighted by Gasteiger charge is -2.32. The first-order chi connectivity index (χ1) is 9.72. The first-order valence-corrected chi connectivity index (χ1v) is 7.12. The highest BCUT2D eigenvalue weighted by Crippen LogP contribution is 2.21. The van der Waals surface area contributed by atoms with Gasteiger partial charge in [0.05, 0.1) is 0 Å². The molecule has 2 rings (SSSR count). The molecule has 2 aromatic rings. The molecule has 0 fully saturated rings. The SMILES string of the molecule is CCC(C(N)c1ccccc1)N(C)Cc1ccncc1. The fourth-order valence-electron chi connectivity index (χ4n) is 2.63. The predicted octanol–water partition coefficient (Wildman–Crippen LogP) is 2.99. The molecule has 0 aliphatic carbocycles. The zero-order valence-electron chi connectivity index (χ0n) is 12.2. The highest BCUT2D eigenvalue weighted by Gasteiger charge is 2.21. The number of hydrogen-bond acceptors (Lipinski definition) is 3. The molecule has 106 valence electrons. The maximum atomic E-state index is 6.45. The largest absolute Gasteiger partial charge is 0.323 e. The van der Waals surface area contributed by atoms with E-state index in [1.165, 1.54) is 11.1 Å². The van der Waals surface area contributed by atoms with Crippen LogP contribution in [0.4, 0.5) is 0 Å². The number of rotatable bonds is 6. The molecule has 0 aliphatic heterocycles. The van der Waals surface area contributed by atoms with Gasteiger partial charge in [-0.15, -0.1) is 0 Å². The molecule has 2 unspecified atom stereocenters. The van der Waals surface area contributed by atoms with E-state index in [-0.39, 0.29) is 6.04 Å². The molecule has 1 aromatic heterocycles. The van der Waals surface area contributed by atoms with Gasteiger partial charge < -0.3 is 5.73 Å². The van der Waals surface area contributed by atoms with Crippen LogP contribution in [0.5, 0.6) is 0 Å². The van der Waals surface area contributed by atoms with E-state index in [1.54, 1.807) is 0 Å². The second-order valence-electron chi connectivity index (χ2n) is 5.18. The minimum absolute atomic E-state index is 0.0352. The van der Waals surface area contributed by atoms with Crippen molar-refractivity contribution in [1.29, 1.82) is 0 Å². The van der Waals surface area contributed by atoms with E-state index >= 15 is 0 Å². The predicted molar refractivity (Wildman–Crippen MR) is 83.2 cm³/mol. The summed E-state index contributed by atoms with van der Waals surface area (Å²) >= 11 is 0. The Balaban J connectivity index is 2.07. The minimum atomic E-state index is 0.0352. The fraction of sp³-hybridized carbons (Fsp3) is 0.353. The van der Waals surface area contributed by atoms with Crippen molar-refractivity contribution < 1.29 is 0 Å². The first kappa shape index (κ1) is 14.7. The molecule has 0 saturated heterocycles. The number of likely N-dealkylation sites (N-methyl/N-ethyl adjacent to an activating group) is 1. The molecule has 0 amide bonds. The molecule has 3 heteroatoms. The molecule has 0 aliphatic rings. The number of hydrogen-bond donors (Lipinski definition) is 1. The van der Waals surface area contributed by atoms with Gasteiger partial charge in [-0.05, 0) is 36.7 Å². The summed E-state index contributed by atoms with van der Waals surface area (Å²) in [5.74, 6) is 0. The number of aromatic nitrogens is 1. The van der Waals surface area contributed by atoms with Crippen LogP contribution in [0.1, 0.15) is 30.5 Å². The second-order valence-corrected chi connectivity index (χ2v) is 5.18. The second kappa shape index (κ2) is 7.17. The lowest BCUT2D eigenvalue weighted by molar-refractivity contribution is 0.197. The molecule has 3 nitrogen and oxygen atoms in total. The normalized spacial score (nSPS) is 14.2. The van der Waals surface area contributed by atoms with Gasteiger partial charge in [-0.1, -0.05) is 37.3 Å². The van der Waals surface area contributed by atoms with Gasteiger partial charge in [-0.3, -0.25) is 9.88 Å². The van der Waals surface area contributed by atoms with Crippen LogP contribution in [-0.4, -0.2) is 23.0 Å². The lowest BCUT2D eigenvalue weighted by atomic mass is 9.97. The summed E-state index contributed by atoms with van der Waals surface area (Å²) in [6, 6.07) is 14.8. The van der Waals surface area contributed by atoms with Crippen LogP contribution < -0.4 is 5.73 Å². The smallest absolute Gasteiger partial charge is 0.0453 e. The summed E-state index contributed by atoms with van der Waals surface area (Å²) in [4.78, 5) is 6.38. The van der Waals surface area contributed by atoms with Crippen molar-refractivity contribution in [1.82, 2.24) is 9.88 Å². The highest BCUT2D eigenvalue weighted by molar-refractivity contribution is 5.20. The molecule has 20 heavy (non-hydrogen) atoms. The molecule has 1 heterocycles. The zero-order chi connectivity index (χ0) is 14.4. The Morgan fingerprint density at radius 1 is 1.10 bits per heavy atom. The topological polar surface area (TPSA) is 42.1 Å². The molecule has 0 saturated carbocycles. The maximum Gasteiger partial charge on any atom is 0.0453 e. The number of pyridine rings is 1. The monoisotopic (exact) mass is 269 g/mol. The van der Waals surface area contributed by atoms with E-state index in [2.05, 4.69) is 48.1 Å². The van der Waals surface area contributed by atoms with E-state index in [4.69, 9.17) is 5.73 Å². The van der Waals surface area contributed by atoms with Crippen molar-refractivity contribution in [2.75, 3.05) is 7.05 Å². The van der Waals surface area contributed by atoms with Gasteiger partial charge >= 0.3 is 0 Å². The van der Waals surface area contributed by atoms with Crippen molar-refractivity contribution in [3.05, 3.63) is 66.0 Å². The maximum absolute atomic E-state index is 6.45. The molecule has 2 N–H and O–H groups in total. The van der Waals surface area contributed by atoms with Crippen molar-refractivity contribution in [3.8, 4) is 0 Å². The Labute approximate surface area is 121 Å². The molecule has 0 radical (unpaired) electrons. The van der Waals surface area contributed by atoms with Crippen LogP contribution >= 0.6 is 0 Å². The van der Waals surface area contributed by atoms with Gasteiger partial charge in [-0.25, -0.2) is 0 Å². The Morgan fingerprint density at radius 3 is 2.35 bits per heavy atom. The first-order valence-electron chi connectivity index (χ1n) is 7.12. The summed E-state index contributed by atoms with van der Waals surface area (Å²) in [6.45, 7) is 3.08. The van der Waals surface area contributed by atoms with Crippen molar-refractivity contribution in [3.63, 3.8) is 0 Å². The summed E-state index contributed by atoms with van der Waals surface area (Å²) in [5.41, 5.74) is 8.91. The van der Waals surface area contributed by atoms with Crippen LogP contribution in [0.3, 0.4) is 0 Å². The Morgan fingerprint density at radius 2 is 1.75 bits per heavy atom. The van der Waals surface area contributed by atoms with Gasteiger partial charge in [0, 0.05) is 31.0 Å². The van der Waals surface area contributed by atoms with Crippen LogP contribution in [0.2, 0.25) is 0 Å². The summed E-state index contributed by atoms with van der Waals surface area (Å²) in [5, 5.41) is 0. The Kier molecular flexibility index (Phi) is 5.27. The van der Waals surface area contributed by atoms with Gasteiger partial charge in [0.15, 0.2) is 0 Å². The number of nitrogens with two attached hydrogens (primary N) is 1.